The van der Waals surface area contributed by atoms with Crippen molar-refractivity contribution in [1.29, 1.82) is 0 Å². The van der Waals surface area contributed by atoms with E-state index in [4.69, 9.17) is 4.74 Å². The molecule has 0 saturated carbocycles. The van der Waals surface area contributed by atoms with E-state index in [1.165, 1.54) is 0 Å². The highest BCUT2D eigenvalue weighted by molar-refractivity contribution is 5.89. The van der Waals surface area contributed by atoms with Crippen molar-refractivity contribution in [3.8, 4) is 0 Å². The molecule has 2 heterocycles. The molecule has 2 rings (SSSR count). The van der Waals surface area contributed by atoms with Crippen molar-refractivity contribution in [2.24, 2.45) is 11.8 Å². The first-order valence-electron chi connectivity index (χ1n) is 5.88. The maximum absolute atomic E-state index is 11.6. The summed E-state index contributed by atoms with van der Waals surface area (Å²) >= 11 is 0. The van der Waals surface area contributed by atoms with Crippen LogP contribution in [0.5, 0.6) is 0 Å². The summed E-state index contributed by atoms with van der Waals surface area (Å²) in [5.74, 6) is 0.387. The molecule has 0 aromatic carbocycles. The smallest absolute Gasteiger partial charge is 0.225 e. The average Bonchev–Trinajstić information content (AvgIpc) is 2.89. The molecule has 2 atom stereocenters. The van der Waals surface area contributed by atoms with Crippen LogP contribution >= 0.6 is 0 Å². The van der Waals surface area contributed by atoms with E-state index in [2.05, 4.69) is 10.6 Å². The predicted octanol–water partition coefficient (Wildman–Crippen LogP) is -0.335. The Morgan fingerprint density at radius 2 is 2.44 bits per heavy atom. The van der Waals surface area contributed by atoms with E-state index in [1.54, 1.807) is 0 Å². The summed E-state index contributed by atoms with van der Waals surface area (Å²) in [4.78, 5) is 22.6. The summed E-state index contributed by atoms with van der Waals surface area (Å²) in [6.45, 7) is 2.84. The number of carbonyl (C=O) groups is 2. The predicted molar refractivity (Wildman–Crippen MR) is 57.7 cm³/mol. The van der Waals surface area contributed by atoms with Crippen molar-refractivity contribution in [3.63, 3.8) is 0 Å². The summed E-state index contributed by atoms with van der Waals surface area (Å²) in [5.41, 5.74) is 0. The first-order valence-corrected chi connectivity index (χ1v) is 5.88. The lowest BCUT2D eigenvalue weighted by molar-refractivity contribution is -0.126. The first-order chi connectivity index (χ1) is 7.75. The molecule has 0 radical (unpaired) electrons. The van der Waals surface area contributed by atoms with Crippen LogP contribution in [-0.2, 0) is 14.3 Å². The number of hydrogen-bond acceptors (Lipinski definition) is 3. The zero-order chi connectivity index (χ0) is 11.4. The quantitative estimate of drug-likeness (QED) is 0.689. The van der Waals surface area contributed by atoms with Crippen LogP contribution in [0.1, 0.15) is 19.3 Å². The molecular weight excluding hydrogens is 208 g/mol. The monoisotopic (exact) mass is 226 g/mol. The largest absolute Gasteiger partial charge is 0.381 e. The highest BCUT2D eigenvalue weighted by atomic mass is 16.5. The van der Waals surface area contributed by atoms with Crippen molar-refractivity contribution >= 4 is 11.8 Å². The van der Waals surface area contributed by atoms with Gasteiger partial charge in [0.1, 0.15) is 0 Å². The van der Waals surface area contributed by atoms with Gasteiger partial charge in [-0.25, -0.2) is 0 Å². The molecule has 0 aliphatic carbocycles. The van der Waals surface area contributed by atoms with Gasteiger partial charge in [0.05, 0.1) is 5.92 Å². The molecule has 2 N–H and O–H groups in total. The molecule has 5 heteroatoms. The van der Waals surface area contributed by atoms with E-state index in [0.717, 1.165) is 26.1 Å². The van der Waals surface area contributed by atoms with Gasteiger partial charge in [0.25, 0.3) is 0 Å². The fourth-order valence-corrected chi connectivity index (χ4v) is 2.15. The molecule has 2 aliphatic heterocycles. The number of rotatable bonds is 4. The number of nitrogens with one attached hydrogen (secondary N) is 2. The molecule has 16 heavy (non-hydrogen) atoms. The first kappa shape index (κ1) is 11.4. The summed E-state index contributed by atoms with van der Waals surface area (Å²) in [6.07, 6.45) is 2.40. The maximum atomic E-state index is 11.6. The molecular formula is C11H18N2O3. The number of ether oxygens (including phenoxy) is 1. The third kappa shape index (κ3) is 2.95. The molecule has 2 aliphatic rings. The zero-order valence-electron chi connectivity index (χ0n) is 9.33. The van der Waals surface area contributed by atoms with Crippen LogP contribution in [0.15, 0.2) is 0 Å². The fourth-order valence-electron chi connectivity index (χ4n) is 2.15. The Kier molecular flexibility index (Phi) is 3.77. The standard InChI is InChI=1S/C11H18N2O3/c14-10-5-9(6-13-10)11(15)12-3-1-8-2-4-16-7-8/h8-9H,1-7H2,(H,12,15)(H,13,14). The highest BCUT2D eigenvalue weighted by Crippen LogP contribution is 2.15. The number of amides is 2. The Morgan fingerprint density at radius 3 is 3.06 bits per heavy atom. The Labute approximate surface area is 94.9 Å². The van der Waals surface area contributed by atoms with Gasteiger partial charge in [-0.05, 0) is 18.8 Å². The molecule has 90 valence electrons. The van der Waals surface area contributed by atoms with E-state index in [9.17, 15) is 9.59 Å². The van der Waals surface area contributed by atoms with Gasteiger partial charge in [-0.1, -0.05) is 0 Å². The fraction of sp³-hybridized carbons (Fsp3) is 0.818. The van der Waals surface area contributed by atoms with E-state index < -0.39 is 0 Å². The van der Waals surface area contributed by atoms with Gasteiger partial charge in [0.2, 0.25) is 11.8 Å². The lowest BCUT2D eigenvalue weighted by atomic mass is 10.0. The van der Waals surface area contributed by atoms with E-state index in [0.29, 0.717) is 25.4 Å². The Morgan fingerprint density at radius 1 is 1.56 bits per heavy atom. The SMILES string of the molecule is O=C1CC(C(=O)NCCC2CCOC2)CN1. The summed E-state index contributed by atoms with van der Waals surface area (Å²) in [7, 11) is 0. The van der Waals surface area contributed by atoms with Crippen LogP contribution < -0.4 is 10.6 Å². The summed E-state index contributed by atoms with van der Waals surface area (Å²) in [5, 5.41) is 5.55. The van der Waals surface area contributed by atoms with Crippen molar-refractivity contribution in [2.75, 3.05) is 26.3 Å². The molecule has 5 nitrogen and oxygen atoms in total. The van der Waals surface area contributed by atoms with Gasteiger partial charge in [0.15, 0.2) is 0 Å². The van der Waals surface area contributed by atoms with Crippen LogP contribution in [0.3, 0.4) is 0 Å². The lowest BCUT2D eigenvalue weighted by Crippen LogP contribution is -2.33. The molecule has 2 fully saturated rings. The second-order valence-corrected chi connectivity index (χ2v) is 4.51. The number of carbonyl (C=O) groups excluding carboxylic acids is 2. The summed E-state index contributed by atoms with van der Waals surface area (Å²) in [6, 6.07) is 0. The van der Waals surface area contributed by atoms with Gasteiger partial charge < -0.3 is 15.4 Å². The molecule has 0 bridgehead atoms. The average molecular weight is 226 g/mol. The normalized spacial score (nSPS) is 29.1. The van der Waals surface area contributed by atoms with E-state index >= 15 is 0 Å². The van der Waals surface area contributed by atoms with Gasteiger partial charge >= 0.3 is 0 Å². The van der Waals surface area contributed by atoms with Crippen LogP contribution in [-0.4, -0.2) is 38.1 Å². The molecule has 0 spiro atoms. The van der Waals surface area contributed by atoms with E-state index in [1.807, 2.05) is 0 Å². The van der Waals surface area contributed by atoms with Crippen molar-refractivity contribution in [1.82, 2.24) is 10.6 Å². The molecule has 2 saturated heterocycles. The molecule has 2 unspecified atom stereocenters. The summed E-state index contributed by atoms with van der Waals surface area (Å²) < 4.78 is 5.26. The third-order valence-electron chi connectivity index (χ3n) is 3.22. The second kappa shape index (κ2) is 5.30. The highest BCUT2D eigenvalue weighted by Gasteiger charge is 2.27. The van der Waals surface area contributed by atoms with Crippen molar-refractivity contribution in [3.05, 3.63) is 0 Å². The van der Waals surface area contributed by atoms with Crippen LogP contribution in [0.4, 0.5) is 0 Å². The number of hydrogen-bond donors (Lipinski definition) is 2. The van der Waals surface area contributed by atoms with Crippen molar-refractivity contribution < 1.29 is 14.3 Å². The Bertz CT molecular complexity index is 274. The zero-order valence-corrected chi connectivity index (χ0v) is 9.33. The van der Waals surface area contributed by atoms with Gasteiger partial charge in [-0.3, -0.25) is 9.59 Å². The minimum absolute atomic E-state index is 0.00253. The van der Waals surface area contributed by atoms with Crippen molar-refractivity contribution in [2.45, 2.75) is 19.3 Å². The molecule has 0 aromatic heterocycles. The molecule has 2 amide bonds. The van der Waals surface area contributed by atoms with Crippen LogP contribution in [0.25, 0.3) is 0 Å². The minimum atomic E-state index is -0.174. The van der Waals surface area contributed by atoms with Gasteiger partial charge in [-0.2, -0.15) is 0 Å². The third-order valence-corrected chi connectivity index (χ3v) is 3.22. The van der Waals surface area contributed by atoms with E-state index in [-0.39, 0.29) is 17.7 Å². The van der Waals surface area contributed by atoms with Gasteiger partial charge in [0, 0.05) is 32.7 Å². The van der Waals surface area contributed by atoms with Crippen LogP contribution in [0.2, 0.25) is 0 Å². The van der Waals surface area contributed by atoms with Crippen LogP contribution in [0, 0.1) is 11.8 Å². The van der Waals surface area contributed by atoms with Gasteiger partial charge in [-0.15, -0.1) is 0 Å². The topological polar surface area (TPSA) is 67.4 Å². The maximum Gasteiger partial charge on any atom is 0.225 e. The molecule has 0 aromatic rings. The Balaban J connectivity index is 1.61. The lowest BCUT2D eigenvalue weighted by Gasteiger charge is -2.11. The second-order valence-electron chi connectivity index (χ2n) is 4.51. The Hall–Kier alpha value is -1.10. The minimum Gasteiger partial charge on any atom is -0.381 e.